The van der Waals surface area contributed by atoms with Gasteiger partial charge in [-0.15, -0.1) is 0 Å². The average molecular weight is 213 g/mol. The lowest BCUT2D eigenvalue weighted by Crippen LogP contribution is -1.91. The van der Waals surface area contributed by atoms with Gasteiger partial charge in [0, 0.05) is 11.8 Å². The van der Waals surface area contributed by atoms with Gasteiger partial charge in [-0.05, 0) is 18.1 Å². The summed E-state index contributed by atoms with van der Waals surface area (Å²) < 4.78 is 12.0. The molecule has 0 saturated heterocycles. The molecule has 0 spiro atoms. The topological polar surface area (TPSA) is 12.9 Å². The highest BCUT2D eigenvalue weighted by Gasteiger charge is 2.03. The van der Waals surface area contributed by atoms with E-state index in [0.717, 1.165) is 16.8 Å². The molecule has 1 heterocycles. The Kier molecular flexibility index (Phi) is 3.44. The van der Waals surface area contributed by atoms with Crippen LogP contribution in [0.25, 0.3) is 11.3 Å². The van der Waals surface area contributed by atoms with Crippen LogP contribution in [0, 0.1) is 0 Å². The molecule has 0 bridgehead atoms. The van der Waals surface area contributed by atoms with Crippen LogP contribution in [-0.4, -0.2) is 4.98 Å². The Hall–Kier alpha value is -1.96. The molecule has 80 valence electrons. The lowest BCUT2D eigenvalue weighted by Gasteiger charge is -2.05. The first kappa shape index (κ1) is 10.6. The molecule has 0 N–H and O–H groups in total. The number of hydrogen-bond donors (Lipinski definition) is 0. The van der Waals surface area contributed by atoms with Crippen molar-refractivity contribution in [1.29, 1.82) is 0 Å². The largest absolute Gasteiger partial charge is 0.256 e. The Balaban J connectivity index is 2.40. The second-order valence-corrected chi connectivity index (χ2v) is 3.44. The van der Waals surface area contributed by atoms with E-state index in [0.29, 0.717) is 12.8 Å². The summed E-state index contributed by atoms with van der Waals surface area (Å²) in [6.45, 7) is 0. The molecule has 1 nitrogen and oxygen atoms in total. The van der Waals surface area contributed by atoms with Crippen molar-refractivity contribution in [2.45, 2.75) is 6.42 Å². The van der Waals surface area contributed by atoms with Crippen LogP contribution in [0.2, 0.25) is 0 Å². The molecule has 1 aromatic heterocycles. The molecule has 0 aliphatic heterocycles. The van der Waals surface area contributed by atoms with Gasteiger partial charge in [0.15, 0.2) is 0 Å². The number of hydrogen-bond acceptors (Lipinski definition) is 1. The fourth-order valence-corrected chi connectivity index (χ4v) is 1.63. The van der Waals surface area contributed by atoms with E-state index < -0.39 is 0 Å². The summed E-state index contributed by atoms with van der Waals surface area (Å²) in [6.07, 6.45) is 4.38. The molecule has 2 heteroatoms. The van der Waals surface area contributed by atoms with Gasteiger partial charge in [-0.25, -0.2) is 4.39 Å². The molecule has 0 aliphatic rings. The maximum Gasteiger partial charge on any atom is 0.0830 e. The van der Waals surface area contributed by atoms with Crippen LogP contribution >= 0.6 is 0 Å². The zero-order valence-corrected chi connectivity index (χ0v) is 8.81. The minimum absolute atomic E-state index is 0.564. The molecular formula is C14H12FN. The average Bonchev–Trinajstić information content (AvgIpc) is 2.38. The molecule has 2 rings (SSSR count). The molecule has 0 radical (unpaired) electrons. The van der Waals surface area contributed by atoms with Gasteiger partial charge in [0.25, 0.3) is 0 Å². The van der Waals surface area contributed by atoms with Crippen LogP contribution in [0.5, 0.6) is 0 Å². The van der Waals surface area contributed by atoms with Gasteiger partial charge in [0.1, 0.15) is 0 Å². The highest BCUT2D eigenvalue weighted by Crippen LogP contribution is 2.21. The maximum absolute atomic E-state index is 12.0. The van der Waals surface area contributed by atoms with E-state index in [2.05, 4.69) is 4.98 Å². The second kappa shape index (κ2) is 5.21. The number of aromatic nitrogens is 1. The third-order valence-electron chi connectivity index (χ3n) is 2.37. The van der Waals surface area contributed by atoms with E-state index in [-0.39, 0.29) is 0 Å². The molecule has 0 saturated carbocycles. The first-order chi connectivity index (χ1) is 7.92. The van der Waals surface area contributed by atoms with Crippen LogP contribution < -0.4 is 0 Å². The Morgan fingerprint density at radius 1 is 1.06 bits per heavy atom. The Bertz CT molecular complexity index is 477. The van der Waals surface area contributed by atoms with Gasteiger partial charge in [-0.1, -0.05) is 42.5 Å². The van der Waals surface area contributed by atoms with E-state index in [1.165, 1.54) is 6.08 Å². The molecule has 16 heavy (non-hydrogen) atoms. The summed E-state index contributed by atoms with van der Waals surface area (Å²) in [5.74, 6) is 0. The standard InChI is InChI=1S/C14H12FN/c15-10-4-8-13-9-5-11-16-14(13)12-6-2-1-3-7-12/h1-7,9-11H,8H2. The summed E-state index contributed by atoms with van der Waals surface area (Å²) in [5.41, 5.74) is 3.01. The molecule has 0 unspecified atom stereocenters. The van der Waals surface area contributed by atoms with Crippen molar-refractivity contribution >= 4 is 0 Å². The zero-order chi connectivity index (χ0) is 11.2. The maximum atomic E-state index is 12.0. The highest BCUT2D eigenvalue weighted by molar-refractivity contribution is 5.62. The number of nitrogens with zero attached hydrogens (tertiary/aromatic N) is 1. The van der Waals surface area contributed by atoms with Crippen molar-refractivity contribution < 1.29 is 4.39 Å². The molecule has 2 aromatic rings. The van der Waals surface area contributed by atoms with E-state index >= 15 is 0 Å². The summed E-state index contributed by atoms with van der Waals surface area (Å²) in [5, 5.41) is 0. The smallest absolute Gasteiger partial charge is 0.0830 e. The van der Waals surface area contributed by atoms with Crippen molar-refractivity contribution in [3.63, 3.8) is 0 Å². The normalized spacial score (nSPS) is 10.8. The van der Waals surface area contributed by atoms with Crippen LogP contribution in [0.1, 0.15) is 5.56 Å². The van der Waals surface area contributed by atoms with Crippen LogP contribution in [-0.2, 0) is 6.42 Å². The SMILES string of the molecule is FC=CCc1cccnc1-c1ccccc1. The van der Waals surface area contributed by atoms with Crippen molar-refractivity contribution in [3.8, 4) is 11.3 Å². The zero-order valence-electron chi connectivity index (χ0n) is 8.81. The summed E-state index contributed by atoms with van der Waals surface area (Å²) in [4.78, 5) is 4.35. The van der Waals surface area contributed by atoms with E-state index in [1.54, 1.807) is 6.20 Å². The van der Waals surface area contributed by atoms with Crippen LogP contribution in [0.15, 0.2) is 61.1 Å². The number of pyridine rings is 1. The predicted molar refractivity (Wildman–Crippen MR) is 63.6 cm³/mol. The molecular weight excluding hydrogens is 201 g/mol. The quantitative estimate of drug-likeness (QED) is 0.756. The van der Waals surface area contributed by atoms with Gasteiger partial charge in [-0.3, -0.25) is 4.98 Å². The number of benzene rings is 1. The van der Waals surface area contributed by atoms with Gasteiger partial charge in [-0.2, -0.15) is 0 Å². The third kappa shape index (κ3) is 2.34. The first-order valence-electron chi connectivity index (χ1n) is 5.16. The van der Waals surface area contributed by atoms with E-state index in [9.17, 15) is 4.39 Å². The fourth-order valence-electron chi connectivity index (χ4n) is 1.63. The summed E-state index contributed by atoms with van der Waals surface area (Å²) in [6, 6.07) is 13.8. The molecule has 0 amide bonds. The van der Waals surface area contributed by atoms with Crippen LogP contribution in [0.4, 0.5) is 4.39 Å². The van der Waals surface area contributed by atoms with Gasteiger partial charge in [0.2, 0.25) is 0 Å². The Labute approximate surface area is 94.3 Å². The third-order valence-corrected chi connectivity index (χ3v) is 2.37. The van der Waals surface area contributed by atoms with E-state index in [4.69, 9.17) is 0 Å². The predicted octanol–water partition coefficient (Wildman–Crippen LogP) is 3.77. The van der Waals surface area contributed by atoms with Gasteiger partial charge < -0.3 is 0 Å². The van der Waals surface area contributed by atoms with Crippen molar-refractivity contribution in [2.75, 3.05) is 0 Å². The number of allylic oxidation sites excluding steroid dienone is 1. The minimum atomic E-state index is 0.564. The number of rotatable bonds is 3. The molecule has 0 aliphatic carbocycles. The van der Waals surface area contributed by atoms with Crippen LogP contribution in [0.3, 0.4) is 0 Å². The van der Waals surface area contributed by atoms with E-state index in [1.807, 2.05) is 42.5 Å². The first-order valence-corrected chi connectivity index (χ1v) is 5.16. The fraction of sp³-hybridized carbons (Fsp3) is 0.0714. The van der Waals surface area contributed by atoms with Crippen molar-refractivity contribution in [1.82, 2.24) is 4.98 Å². The Morgan fingerprint density at radius 2 is 1.88 bits per heavy atom. The Morgan fingerprint density at radius 3 is 2.62 bits per heavy atom. The summed E-state index contributed by atoms with van der Waals surface area (Å²) >= 11 is 0. The second-order valence-electron chi connectivity index (χ2n) is 3.44. The lowest BCUT2D eigenvalue weighted by molar-refractivity contribution is 0.716. The van der Waals surface area contributed by atoms with Gasteiger partial charge >= 0.3 is 0 Å². The van der Waals surface area contributed by atoms with Gasteiger partial charge in [0.05, 0.1) is 12.0 Å². The molecule has 1 aromatic carbocycles. The highest BCUT2D eigenvalue weighted by atomic mass is 19.1. The number of halogens is 1. The molecule has 0 fully saturated rings. The minimum Gasteiger partial charge on any atom is -0.256 e. The van der Waals surface area contributed by atoms with Crippen molar-refractivity contribution in [2.24, 2.45) is 0 Å². The van der Waals surface area contributed by atoms with Crippen molar-refractivity contribution in [3.05, 3.63) is 66.6 Å². The monoisotopic (exact) mass is 213 g/mol. The molecule has 0 atom stereocenters. The summed E-state index contributed by atoms with van der Waals surface area (Å²) in [7, 11) is 0. The lowest BCUT2D eigenvalue weighted by atomic mass is 10.0.